The minimum Gasteiger partial charge on any atom is -0.478 e. The normalized spacial score (nSPS) is 12.0. The number of nitrogens with zero attached hydrogens (tertiary/aromatic N) is 3. The molecule has 20 heavy (non-hydrogen) atoms. The van der Waals surface area contributed by atoms with E-state index in [9.17, 15) is 10.1 Å². The van der Waals surface area contributed by atoms with Crippen molar-refractivity contribution in [1.82, 2.24) is 4.90 Å². The summed E-state index contributed by atoms with van der Waals surface area (Å²) in [6, 6.07) is 7.03. The van der Waals surface area contributed by atoms with Crippen molar-refractivity contribution in [2.75, 3.05) is 32.1 Å². The van der Waals surface area contributed by atoms with Crippen LogP contribution in [0.15, 0.2) is 18.2 Å². The maximum atomic E-state index is 11.0. The second-order valence-corrected chi connectivity index (χ2v) is 5.05. The van der Waals surface area contributed by atoms with E-state index in [1.54, 1.807) is 12.1 Å². The second kappa shape index (κ2) is 6.92. The smallest absolute Gasteiger partial charge is 0.335 e. The Labute approximate surface area is 120 Å². The Morgan fingerprint density at radius 2 is 2.10 bits per heavy atom. The van der Waals surface area contributed by atoms with Crippen LogP contribution in [-0.4, -0.2) is 49.2 Å². The molecule has 0 saturated heterocycles. The monoisotopic (exact) mass is 275 g/mol. The number of hydrogen-bond donors (Lipinski definition) is 1. The molecule has 108 valence electrons. The van der Waals surface area contributed by atoms with Crippen LogP contribution in [0.25, 0.3) is 0 Å². The van der Waals surface area contributed by atoms with E-state index in [-0.39, 0.29) is 11.6 Å². The Morgan fingerprint density at radius 1 is 1.45 bits per heavy atom. The molecule has 0 aliphatic rings. The molecule has 0 aliphatic carbocycles. The van der Waals surface area contributed by atoms with E-state index >= 15 is 0 Å². The maximum absolute atomic E-state index is 11.0. The van der Waals surface area contributed by atoms with E-state index in [0.717, 1.165) is 18.8 Å². The van der Waals surface area contributed by atoms with Gasteiger partial charge in [0, 0.05) is 19.1 Å². The SMILES string of the molecule is CCN(c1ccc(C(=O)O)cc1C#N)C(C)CN(C)C. The minimum absolute atomic E-state index is 0.140. The van der Waals surface area contributed by atoms with Gasteiger partial charge in [0.2, 0.25) is 0 Å². The van der Waals surface area contributed by atoms with Crippen molar-refractivity contribution in [3.63, 3.8) is 0 Å². The molecule has 0 heterocycles. The van der Waals surface area contributed by atoms with Crippen LogP contribution in [0.2, 0.25) is 0 Å². The fraction of sp³-hybridized carbons (Fsp3) is 0.467. The fourth-order valence-electron chi connectivity index (χ4n) is 2.36. The van der Waals surface area contributed by atoms with Crippen molar-refractivity contribution < 1.29 is 9.90 Å². The molecule has 0 saturated carbocycles. The molecule has 0 fully saturated rings. The fourth-order valence-corrected chi connectivity index (χ4v) is 2.36. The summed E-state index contributed by atoms with van der Waals surface area (Å²) in [7, 11) is 4.01. The molecule has 1 aromatic rings. The zero-order valence-corrected chi connectivity index (χ0v) is 12.4. The average molecular weight is 275 g/mol. The van der Waals surface area contributed by atoms with Crippen molar-refractivity contribution >= 4 is 11.7 Å². The van der Waals surface area contributed by atoms with Crippen LogP contribution < -0.4 is 4.90 Å². The average Bonchev–Trinajstić information content (AvgIpc) is 2.38. The highest BCUT2D eigenvalue weighted by Gasteiger charge is 2.18. The first-order valence-electron chi connectivity index (χ1n) is 6.59. The van der Waals surface area contributed by atoms with Crippen LogP contribution in [0.4, 0.5) is 5.69 Å². The molecule has 0 amide bonds. The van der Waals surface area contributed by atoms with Gasteiger partial charge in [-0.3, -0.25) is 0 Å². The van der Waals surface area contributed by atoms with Gasteiger partial charge in [0.05, 0.1) is 16.8 Å². The van der Waals surface area contributed by atoms with E-state index in [0.29, 0.717) is 5.56 Å². The predicted molar refractivity (Wildman–Crippen MR) is 79.2 cm³/mol. The van der Waals surface area contributed by atoms with Crippen LogP contribution in [0.5, 0.6) is 0 Å². The molecule has 0 radical (unpaired) electrons. The number of nitriles is 1. The van der Waals surface area contributed by atoms with Crippen LogP contribution in [0.3, 0.4) is 0 Å². The molecule has 1 rings (SSSR count). The van der Waals surface area contributed by atoms with Crippen molar-refractivity contribution in [1.29, 1.82) is 5.26 Å². The van der Waals surface area contributed by atoms with E-state index in [1.165, 1.54) is 6.07 Å². The van der Waals surface area contributed by atoms with Gasteiger partial charge in [-0.15, -0.1) is 0 Å². The maximum Gasteiger partial charge on any atom is 0.335 e. The highest BCUT2D eigenvalue weighted by atomic mass is 16.4. The number of anilines is 1. The summed E-state index contributed by atoms with van der Waals surface area (Å²) in [5, 5.41) is 18.2. The zero-order valence-electron chi connectivity index (χ0n) is 12.4. The lowest BCUT2D eigenvalue weighted by Crippen LogP contribution is -2.40. The molecular formula is C15H21N3O2. The van der Waals surface area contributed by atoms with Gasteiger partial charge in [-0.1, -0.05) is 0 Å². The lowest BCUT2D eigenvalue weighted by molar-refractivity contribution is 0.0697. The van der Waals surface area contributed by atoms with Gasteiger partial charge in [0.1, 0.15) is 6.07 Å². The van der Waals surface area contributed by atoms with Crippen molar-refractivity contribution in [3.05, 3.63) is 29.3 Å². The first-order valence-corrected chi connectivity index (χ1v) is 6.59. The quantitative estimate of drug-likeness (QED) is 0.860. The summed E-state index contributed by atoms with van der Waals surface area (Å²) in [6.07, 6.45) is 0. The lowest BCUT2D eigenvalue weighted by Gasteiger charge is -2.32. The summed E-state index contributed by atoms with van der Waals surface area (Å²) in [5.74, 6) is -1.02. The molecule has 0 aliphatic heterocycles. The van der Waals surface area contributed by atoms with Gasteiger partial charge in [-0.2, -0.15) is 5.26 Å². The number of aromatic carboxylic acids is 1. The van der Waals surface area contributed by atoms with Crippen molar-refractivity contribution in [3.8, 4) is 6.07 Å². The molecule has 0 aromatic heterocycles. The van der Waals surface area contributed by atoms with Gasteiger partial charge in [-0.25, -0.2) is 4.79 Å². The number of hydrogen-bond acceptors (Lipinski definition) is 4. The molecule has 0 bridgehead atoms. The third-order valence-electron chi connectivity index (χ3n) is 3.18. The number of carboxylic acid groups (broad SMARTS) is 1. The minimum atomic E-state index is -1.02. The van der Waals surface area contributed by atoms with Gasteiger partial charge in [0.25, 0.3) is 0 Å². The van der Waals surface area contributed by atoms with Crippen molar-refractivity contribution in [2.24, 2.45) is 0 Å². The van der Waals surface area contributed by atoms with Crippen LogP contribution in [0.1, 0.15) is 29.8 Å². The summed E-state index contributed by atoms with van der Waals surface area (Å²) in [5.41, 5.74) is 1.33. The molecule has 1 aromatic carbocycles. The van der Waals surface area contributed by atoms with Crippen LogP contribution in [0, 0.1) is 11.3 Å². The Bertz CT molecular complexity index is 520. The van der Waals surface area contributed by atoms with Gasteiger partial charge < -0.3 is 14.9 Å². The third kappa shape index (κ3) is 3.72. The first-order chi connectivity index (χ1) is 9.40. The molecule has 0 spiro atoms. The highest BCUT2D eigenvalue weighted by Crippen LogP contribution is 2.23. The number of benzene rings is 1. The summed E-state index contributed by atoms with van der Waals surface area (Å²) in [4.78, 5) is 15.2. The largest absolute Gasteiger partial charge is 0.478 e. The molecule has 5 heteroatoms. The Kier molecular flexibility index (Phi) is 5.53. The van der Waals surface area contributed by atoms with Crippen LogP contribution in [-0.2, 0) is 0 Å². The van der Waals surface area contributed by atoms with Crippen molar-refractivity contribution in [2.45, 2.75) is 19.9 Å². The van der Waals surface area contributed by atoms with Crippen LogP contribution >= 0.6 is 0 Å². The van der Waals surface area contributed by atoms with E-state index in [2.05, 4.69) is 22.8 Å². The molecule has 1 unspecified atom stereocenters. The summed E-state index contributed by atoms with van der Waals surface area (Å²) < 4.78 is 0. The first kappa shape index (κ1) is 16.0. The molecule has 5 nitrogen and oxygen atoms in total. The Balaban J connectivity index is 3.16. The lowest BCUT2D eigenvalue weighted by atomic mass is 10.1. The zero-order chi connectivity index (χ0) is 15.3. The number of carbonyl (C=O) groups is 1. The topological polar surface area (TPSA) is 67.6 Å². The number of rotatable bonds is 6. The summed E-state index contributed by atoms with van der Waals surface area (Å²) in [6.45, 7) is 5.74. The highest BCUT2D eigenvalue weighted by molar-refractivity contribution is 5.89. The Hall–Kier alpha value is -2.06. The third-order valence-corrected chi connectivity index (χ3v) is 3.18. The number of carboxylic acids is 1. The van der Waals surface area contributed by atoms with Gasteiger partial charge in [-0.05, 0) is 46.1 Å². The summed E-state index contributed by atoms with van der Waals surface area (Å²) >= 11 is 0. The predicted octanol–water partition coefficient (Wildman–Crippen LogP) is 2.03. The molecule has 1 atom stereocenters. The van der Waals surface area contributed by atoms with E-state index in [4.69, 9.17) is 5.11 Å². The van der Waals surface area contributed by atoms with Gasteiger partial charge in [0.15, 0.2) is 0 Å². The standard InChI is InChI=1S/C15H21N3O2/c1-5-18(11(2)10-17(3)4)14-7-6-12(15(19)20)8-13(14)9-16/h6-8,11H,5,10H2,1-4H3,(H,19,20). The molecule has 1 N–H and O–H groups in total. The van der Waals surface area contributed by atoms with E-state index < -0.39 is 5.97 Å². The Morgan fingerprint density at radius 3 is 2.55 bits per heavy atom. The number of likely N-dealkylation sites (N-methyl/N-ethyl adjacent to an activating group) is 2. The van der Waals surface area contributed by atoms with E-state index in [1.807, 2.05) is 21.0 Å². The van der Waals surface area contributed by atoms with Gasteiger partial charge >= 0.3 is 5.97 Å². The second-order valence-electron chi connectivity index (χ2n) is 5.05. The molecular weight excluding hydrogens is 254 g/mol.